The maximum absolute atomic E-state index is 12.5. The summed E-state index contributed by atoms with van der Waals surface area (Å²) in [6.45, 7) is 6.41. The number of carbonyl (C=O) groups excluding carboxylic acids is 1. The Morgan fingerprint density at radius 2 is 2.00 bits per heavy atom. The first-order valence-corrected chi connectivity index (χ1v) is 7.81. The van der Waals surface area contributed by atoms with E-state index >= 15 is 0 Å². The lowest BCUT2D eigenvalue weighted by Gasteiger charge is -2.27. The Balaban J connectivity index is 2.05. The third-order valence-corrected chi connectivity index (χ3v) is 3.72. The molecule has 0 fully saturated rings. The van der Waals surface area contributed by atoms with Gasteiger partial charge in [0, 0.05) is 5.70 Å². The number of nitrogens with zero attached hydrogens (tertiary/aromatic N) is 4. The minimum absolute atomic E-state index is 0.300. The topological polar surface area (TPSA) is 91.2 Å². The number of hydrogen-bond acceptors (Lipinski definition) is 7. The van der Waals surface area contributed by atoms with Gasteiger partial charge in [-0.15, -0.1) is 0 Å². The molecule has 1 aliphatic heterocycles. The van der Waals surface area contributed by atoms with Gasteiger partial charge in [0.25, 0.3) is 0 Å². The maximum Gasteiger partial charge on any atom is 0.338 e. The summed E-state index contributed by atoms with van der Waals surface area (Å²) in [5.74, 6) is 0.868. The number of allylic oxidation sites excluding steroid dienone is 1. The van der Waals surface area contributed by atoms with Gasteiger partial charge in [-0.3, -0.25) is 0 Å². The predicted molar refractivity (Wildman–Crippen MR) is 86.5 cm³/mol. The highest BCUT2D eigenvalue weighted by Gasteiger charge is 2.34. The molecular weight excluding hydrogens is 310 g/mol. The summed E-state index contributed by atoms with van der Waals surface area (Å²) in [5, 5.41) is 14.7. The van der Waals surface area contributed by atoms with Crippen LogP contribution in [0.1, 0.15) is 32.4 Å². The standard InChI is InChI=1S/C16H19N5O3/c1-4-23-12-8-6-11(7-9-12)14-13(15(22)24-5-2)10(3)17-16-18-19-20-21(14)16/h6-9,14H,4-5H2,1-3H3,(H,17,18,20). The number of benzene rings is 1. The monoisotopic (exact) mass is 329 g/mol. The molecule has 3 rings (SSSR count). The van der Waals surface area contributed by atoms with Crippen molar-refractivity contribution >= 4 is 11.9 Å². The molecule has 0 radical (unpaired) electrons. The number of ether oxygens (including phenoxy) is 2. The molecule has 1 aromatic carbocycles. The molecule has 2 aromatic rings. The van der Waals surface area contributed by atoms with Gasteiger partial charge < -0.3 is 14.8 Å². The van der Waals surface area contributed by atoms with E-state index in [9.17, 15) is 4.79 Å². The zero-order chi connectivity index (χ0) is 17.1. The summed E-state index contributed by atoms with van der Waals surface area (Å²) in [4.78, 5) is 12.5. The normalized spacial score (nSPS) is 16.4. The number of aromatic nitrogens is 4. The van der Waals surface area contributed by atoms with E-state index in [-0.39, 0.29) is 5.97 Å². The fourth-order valence-electron chi connectivity index (χ4n) is 2.71. The van der Waals surface area contributed by atoms with Crippen molar-refractivity contribution < 1.29 is 14.3 Å². The first-order valence-electron chi connectivity index (χ1n) is 7.81. The summed E-state index contributed by atoms with van der Waals surface area (Å²) in [6, 6.07) is 7.08. The average molecular weight is 329 g/mol. The summed E-state index contributed by atoms with van der Waals surface area (Å²) in [6.07, 6.45) is 0. The van der Waals surface area contributed by atoms with Gasteiger partial charge in [-0.2, -0.15) is 4.68 Å². The summed E-state index contributed by atoms with van der Waals surface area (Å²) >= 11 is 0. The number of esters is 1. The summed E-state index contributed by atoms with van der Waals surface area (Å²) in [7, 11) is 0. The quantitative estimate of drug-likeness (QED) is 0.838. The molecular formula is C16H19N5O3. The molecule has 8 nitrogen and oxygen atoms in total. The van der Waals surface area contributed by atoms with Crippen molar-refractivity contribution in [1.29, 1.82) is 0 Å². The van der Waals surface area contributed by atoms with Crippen molar-refractivity contribution in [2.75, 3.05) is 18.5 Å². The molecule has 1 N–H and O–H groups in total. The van der Waals surface area contributed by atoms with Gasteiger partial charge in [0.05, 0.1) is 18.8 Å². The lowest BCUT2D eigenvalue weighted by atomic mass is 9.96. The molecule has 8 heteroatoms. The van der Waals surface area contributed by atoms with Gasteiger partial charge in [-0.25, -0.2) is 4.79 Å². The van der Waals surface area contributed by atoms with Crippen molar-refractivity contribution in [2.24, 2.45) is 0 Å². The van der Waals surface area contributed by atoms with Crippen molar-refractivity contribution in [3.8, 4) is 5.75 Å². The molecule has 0 amide bonds. The Hall–Kier alpha value is -2.90. The van der Waals surface area contributed by atoms with E-state index in [1.165, 1.54) is 0 Å². The predicted octanol–water partition coefficient (Wildman–Crippen LogP) is 1.92. The third kappa shape index (κ3) is 2.82. The molecule has 1 aromatic heterocycles. The van der Waals surface area contributed by atoms with E-state index in [0.29, 0.717) is 30.4 Å². The van der Waals surface area contributed by atoms with E-state index in [0.717, 1.165) is 11.3 Å². The zero-order valence-corrected chi connectivity index (χ0v) is 13.8. The molecule has 0 spiro atoms. The highest BCUT2D eigenvalue weighted by atomic mass is 16.5. The van der Waals surface area contributed by atoms with Crippen molar-refractivity contribution in [3.63, 3.8) is 0 Å². The number of nitrogens with one attached hydrogen (secondary N) is 1. The highest BCUT2D eigenvalue weighted by molar-refractivity contribution is 5.92. The van der Waals surface area contributed by atoms with Gasteiger partial charge >= 0.3 is 5.97 Å². The molecule has 0 saturated heterocycles. The minimum atomic E-state index is -0.453. The third-order valence-electron chi connectivity index (χ3n) is 3.72. The van der Waals surface area contributed by atoms with Crippen LogP contribution in [0.3, 0.4) is 0 Å². The van der Waals surface area contributed by atoms with E-state index in [1.807, 2.05) is 38.1 Å². The van der Waals surface area contributed by atoms with Crippen LogP contribution in [0.25, 0.3) is 0 Å². The minimum Gasteiger partial charge on any atom is -0.494 e. The summed E-state index contributed by atoms with van der Waals surface area (Å²) < 4.78 is 12.3. The highest BCUT2D eigenvalue weighted by Crippen LogP contribution is 2.35. The largest absolute Gasteiger partial charge is 0.494 e. The number of tetrazole rings is 1. The molecule has 0 bridgehead atoms. The first-order chi connectivity index (χ1) is 11.7. The number of carbonyl (C=O) groups is 1. The Labute approximate surface area is 139 Å². The lowest BCUT2D eigenvalue weighted by molar-refractivity contribution is -0.139. The van der Waals surface area contributed by atoms with Crippen LogP contribution in [0, 0.1) is 0 Å². The first kappa shape index (κ1) is 16.0. The molecule has 2 heterocycles. The van der Waals surface area contributed by atoms with Crippen LogP contribution in [0.2, 0.25) is 0 Å². The second kappa shape index (κ2) is 6.69. The second-order valence-corrected chi connectivity index (χ2v) is 5.24. The fraction of sp³-hybridized carbons (Fsp3) is 0.375. The van der Waals surface area contributed by atoms with Gasteiger partial charge in [-0.05, 0) is 48.9 Å². The molecule has 1 unspecified atom stereocenters. The molecule has 1 atom stereocenters. The van der Waals surface area contributed by atoms with Gasteiger partial charge in [0.15, 0.2) is 0 Å². The van der Waals surface area contributed by atoms with Gasteiger partial charge in [0.2, 0.25) is 5.95 Å². The smallest absolute Gasteiger partial charge is 0.338 e. The second-order valence-electron chi connectivity index (χ2n) is 5.24. The molecule has 0 saturated carbocycles. The van der Waals surface area contributed by atoms with E-state index in [4.69, 9.17) is 9.47 Å². The molecule has 1 aliphatic rings. The van der Waals surface area contributed by atoms with E-state index in [2.05, 4.69) is 20.8 Å². The van der Waals surface area contributed by atoms with E-state index < -0.39 is 6.04 Å². The number of anilines is 1. The average Bonchev–Trinajstić information content (AvgIpc) is 3.02. The Morgan fingerprint density at radius 3 is 2.67 bits per heavy atom. The van der Waals surface area contributed by atoms with Crippen LogP contribution in [0.4, 0.5) is 5.95 Å². The Bertz CT molecular complexity index is 766. The van der Waals surface area contributed by atoms with E-state index in [1.54, 1.807) is 11.6 Å². The number of fused-ring (bicyclic) bond motifs is 1. The van der Waals surface area contributed by atoms with Crippen molar-refractivity contribution in [1.82, 2.24) is 20.2 Å². The maximum atomic E-state index is 12.5. The van der Waals surface area contributed by atoms with Crippen LogP contribution < -0.4 is 10.1 Å². The summed E-state index contributed by atoms with van der Waals surface area (Å²) in [5.41, 5.74) is 2.03. The molecule has 24 heavy (non-hydrogen) atoms. The van der Waals surface area contributed by atoms with Crippen LogP contribution in [0.5, 0.6) is 5.75 Å². The molecule has 0 aliphatic carbocycles. The Morgan fingerprint density at radius 1 is 1.25 bits per heavy atom. The SMILES string of the molecule is CCOC(=O)C1=C(C)Nc2nnnn2C1c1ccc(OCC)cc1. The number of rotatable bonds is 5. The number of hydrogen-bond donors (Lipinski definition) is 1. The zero-order valence-electron chi connectivity index (χ0n) is 13.8. The van der Waals surface area contributed by atoms with Gasteiger partial charge in [0.1, 0.15) is 11.8 Å². The fourth-order valence-corrected chi connectivity index (χ4v) is 2.71. The molecule has 126 valence electrons. The van der Waals surface area contributed by atoms with Crippen molar-refractivity contribution in [3.05, 3.63) is 41.1 Å². The Kier molecular flexibility index (Phi) is 4.45. The lowest BCUT2D eigenvalue weighted by Crippen LogP contribution is -2.29. The van der Waals surface area contributed by atoms with Crippen LogP contribution in [-0.4, -0.2) is 39.4 Å². The van der Waals surface area contributed by atoms with Crippen LogP contribution >= 0.6 is 0 Å². The van der Waals surface area contributed by atoms with Crippen LogP contribution in [-0.2, 0) is 9.53 Å². The van der Waals surface area contributed by atoms with Crippen LogP contribution in [0.15, 0.2) is 35.5 Å². The van der Waals surface area contributed by atoms with Gasteiger partial charge in [-0.1, -0.05) is 17.2 Å². The van der Waals surface area contributed by atoms with Crippen molar-refractivity contribution in [2.45, 2.75) is 26.8 Å².